The van der Waals surface area contributed by atoms with Crippen LogP contribution in [-0.2, 0) is 11.2 Å². The summed E-state index contributed by atoms with van der Waals surface area (Å²) in [7, 11) is 0. The second-order valence-electron chi connectivity index (χ2n) is 7.90. The number of aryl methyl sites for hydroxylation is 1. The van der Waals surface area contributed by atoms with Crippen LogP contribution in [0.15, 0.2) is 58.4 Å². The number of hydrogen-bond acceptors (Lipinski definition) is 5. The van der Waals surface area contributed by atoms with Gasteiger partial charge in [-0.1, -0.05) is 62.6 Å². The second-order valence-corrected chi connectivity index (χ2v) is 8.91. The van der Waals surface area contributed by atoms with Gasteiger partial charge in [-0.15, -0.1) is 0 Å². The van der Waals surface area contributed by atoms with Crippen molar-refractivity contribution in [2.24, 2.45) is 4.99 Å². The van der Waals surface area contributed by atoms with Crippen LogP contribution >= 0.6 is 11.8 Å². The van der Waals surface area contributed by atoms with E-state index >= 15 is 0 Å². The number of aromatic carboxylic acids is 1. The number of hydrogen-bond donors (Lipinski definition) is 0. The van der Waals surface area contributed by atoms with E-state index in [0.29, 0.717) is 4.91 Å². The van der Waals surface area contributed by atoms with E-state index in [-0.39, 0.29) is 17.5 Å². The fourth-order valence-corrected chi connectivity index (χ4v) is 5.07. The topological polar surface area (TPSA) is 72.8 Å². The van der Waals surface area contributed by atoms with Gasteiger partial charge in [0.15, 0.2) is 5.17 Å². The van der Waals surface area contributed by atoms with Crippen molar-refractivity contribution in [3.8, 4) is 0 Å². The predicted octanol–water partition coefficient (Wildman–Crippen LogP) is 4.55. The standard InChI is InChI=1S/C25H26N2O3S/c1-2-17-10-14-20(15-11-17)26-25-27(21-6-4-3-5-7-21)23(28)22(31-25)16-18-8-12-19(13-9-18)24(29)30/h8-16,21H,2-7H2,1H3,(H,29,30)/p-1/b22-16-,26-25?. The highest BCUT2D eigenvalue weighted by Gasteiger charge is 2.38. The molecule has 0 atom stereocenters. The summed E-state index contributed by atoms with van der Waals surface area (Å²) in [6.07, 6.45) is 8.24. The van der Waals surface area contributed by atoms with Crippen LogP contribution in [0.4, 0.5) is 5.69 Å². The van der Waals surface area contributed by atoms with Gasteiger partial charge in [-0.3, -0.25) is 9.69 Å². The average Bonchev–Trinajstić information content (AvgIpc) is 3.09. The van der Waals surface area contributed by atoms with Crippen molar-refractivity contribution < 1.29 is 14.7 Å². The molecule has 1 saturated carbocycles. The third-order valence-corrected chi connectivity index (χ3v) is 6.77. The van der Waals surface area contributed by atoms with E-state index in [0.717, 1.165) is 48.5 Å². The molecule has 0 N–H and O–H groups in total. The maximum Gasteiger partial charge on any atom is 0.267 e. The minimum Gasteiger partial charge on any atom is -0.545 e. The zero-order chi connectivity index (χ0) is 21.8. The molecule has 31 heavy (non-hydrogen) atoms. The Labute approximate surface area is 186 Å². The minimum atomic E-state index is -1.21. The van der Waals surface area contributed by atoms with Crippen molar-refractivity contribution in [2.75, 3.05) is 0 Å². The maximum atomic E-state index is 13.3. The Morgan fingerprint density at radius 3 is 2.39 bits per heavy atom. The highest BCUT2D eigenvalue weighted by Crippen LogP contribution is 2.38. The number of thioether (sulfide) groups is 1. The zero-order valence-corrected chi connectivity index (χ0v) is 18.4. The fourth-order valence-electron chi connectivity index (χ4n) is 4.01. The first-order valence-corrected chi connectivity index (χ1v) is 11.6. The summed E-state index contributed by atoms with van der Waals surface area (Å²) in [6, 6.07) is 14.7. The van der Waals surface area contributed by atoms with Crippen molar-refractivity contribution in [2.45, 2.75) is 51.5 Å². The van der Waals surface area contributed by atoms with E-state index in [9.17, 15) is 14.7 Å². The van der Waals surface area contributed by atoms with Gasteiger partial charge in [0.25, 0.3) is 5.91 Å². The summed E-state index contributed by atoms with van der Waals surface area (Å²) < 4.78 is 0. The van der Waals surface area contributed by atoms with Gasteiger partial charge in [0.1, 0.15) is 0 Å². The summed E-state index contributed by atoms with van der Waals surface area (Å²) >= 11 is 1.39. The number of benzene rings is 2. The fraction of sp³-hybridized carbons (Fsp3) is 0.320. The van der Waals surface area contributed by atoms with Gasteiger partial charge in [0, 0.05) is 6.04 Å². The van der Waals surface area contributed by atoms with Gasteiger partial charge >= 0.3 is 0 Å². The Kier molecular flexibility index (Phi) is 6.56. The van der Waals surface area contributed by atoms with Crippen LogP contribution in [0, 0.1) is 0 Å². The van der Waals surface area contributed by atoms with Gasteiger partial charge in [-0.2, -0.15) is 0 Å². The molecule has 6 heteroatoms. The summed E-state index contributed by atoms with van der Waals surface area (Å²) in [6.45, 7) is 2.12. The first-order chi connectivity index (χ1) is 15.0. The number of nitrogens with zero attached hydrogens (tertiary/aromatic N) is 2. The highest BCUT2D eigenvalue weighted by molar-refractivity contribution is 8.18. The molecule has 2 fully saturated rings. The Morgan fingerprint density at radius 1 is 1.10 bits per heavy atom. The Hall–Kier alpha value is -2.86. The van der Waals surface area contributed by atoms with E-state index in [2.05, 4.69) is 19.1 Å². The summed E-state index contributed by atoms with van der Waals surface area (Å²) in [5.41, 5.74) is 2.99. The maximum absolute atomic E-state index is 13.3. The molecule has 0 unspecified atom stereocenters. The van der Waals surface area contributed by atoms with Crippen LogP contribution < -0.4 is 5.11 Å². The number of carboxylic acids is 1. The van der Waals surface area contributed by atoms with Crippen LogP contribution in [-0.4, -0.2) is 28.0 Å². The number of carbonyl (C=O) groups is 2. The summed E-state index contributed by atoms with van der Waals surface area (Å²) in [4.78, 5) is 31.6. The van der Waals surface area contributed by atoms with Crippen molar-refractivity contribution >= 4 is 40.6 Å². The Balaban J connectivity index is 1.65. The van der Waals surface area contributed by atoms with E-state index < -0.39 is 5.97 Å². The number of aliphatic imine (C=N–C) groups is 1. The van der Waals surface area contributed by atoms with Crippen LogP contribution in [0.2, 0.25) is 0 Å². The molecule has 160 valence electrons. The number of amidine groups is 1. The molecule has 1 heterocycles. The molecule has 2 aromatic rings. The van der Waals surface area contributed by atoms with Crippen molar-refractivity contribution in [1.29, 1.82) is 0 Å². The van der Waals surface area contributed by atoms with Gasteiger partial charge in [-0.05, 0) is 65.9 Å². The van der Waals surface area contributed by atoms with Crippen LogP contribution in [0.3, 0.4) is 0 Å². The lowest BCUT2D eigenvalue weighted by atomic mass is 9.94. The number of carbonyl (C=O) groups excluding carboxylic acids is 2. The van der Waals surface area contributed by atoms with E-state index in [1.165, 1.54) is 35.9 Å². The Morgan fingerprint density at radius 2 is 1.77 bits per heavy atom. The van der Waals surface area contributed by atoms with Gasteiger partial charge in [0.2, 0.25) is 0 Å². The lowest BCUT2D eigenvalue weighted by molar-refractivity contribution is -0.255. The predicted molar refractivity (Wildman–Crippen MR) is 123 cm³/mol. The molecular formula is C25H25N2O3S-. The average molecular weight is 434 g/mol. The molecule has 1 aliphatic carbocycles. The van der Waals surface area contributed by atoms with E-state index in [1.54, 1.807) is 12.1 Å². The molecule has 1 amide bonds. The molecule has 2 aliphatic rings. The van der Waals surface area contributed by atoms with Crippen LogP contribution in [0.1, 0.15) is 60.5 Å². The van der Waals surface area contributed by atoms with Crippen molar-refractivity contribution in [3.05, 3.63) is 70.1 Å². The first-order valence-electron chi connectivity index (χ1n) is 10.8. The highest BCUT2D eigenvalue weighted by atomic mass is 32.2. The largest absolute Gasteiger partial charge is 0.545 e. The van der Waals surface area contributed by atoms with E-state index in [4.69, 9.17) is 4.99 Å². The lowest BCUT2D eigenvalue weighted by Crippen LogP contribution is -2.40. The zero-order valence-electron chi connectivity index (χ0n) is 17.5. The van der Waals surface area contributed by atoms with Crippen LogP contribution in [0.5, 0.6) is 0 Å². The third-order valence-electron chi connectivity index (χ3n) is 5.79. The van der Waals surface area contributed by atoms with E-state index in [1.807, 2.05) is 23.1 Å². The van der Waals surface area contributed by atoms with Gasteiger partial charge in [-0.25, -0.2) is 4.99 Å². The molecule has 0 radical (unpaired) electrons. The molecule has 0 spiro atoms. The smallest absolute Gasteiger partial charge is 0.267 e. The summed E-state index contributed by atoms with van der Waals surface area (Å²) in [5.74, 6) is -1.23. The number of amides is 1. The molecule has 5 nitrogen and oxygen atoms in total. The summed E-state index contributed by atoms with van der Waals surface area (Å²) in [5, 5.41) is 11.7. The SMILES string of the molecule is CCc1ccc(N=C2S/C(=C\c3ccc(C(=O)[O-])cc3)C(=O)N2C2CCCCC2)cc1. The minimum absolute atomic E-state index is 0.0233. The first kappa shape index (κ1) is 21.4. The van der Waals surface area contributed by atoms with Crippen molar-refractivity contribution in [1.82, 2.24) is 4.90 Å². The monoisotopic (exact) mass is 433 g/mol. The molecule has 1 saturated heterocycles. The number of rotatable bonds is 5. The lowest BCUT2D eigenvalue weighted by Gasteiger charge is -2.30. The molecule has 4 rings (SSSR count). The van der Waals surface area contributed by atoms with Crippen LogP contribution in [0.25, 0.3) is 6.08 Å². The third kappa shape index (κ3) is 4.90. The van der Waals surface area contributed by atoms with Gasteiger partial charge < -0.3 is 9.90 Å². The molecule has 1 aliphatic heterocycles. The van der Waals surface area contributed by atoms with Crippen molar-refractivity contribution in [3.63, 3.8) is 0 Å². The normalized spacial score (nSPS) is 20.0. The number of carboxylic acid groups (broad SMARTS) is 1. The van der Waals surface area contributed by atoms with Gasteiger partial charge in [0.05, 0.1) is 16.6 Å². The molecular weight excluding hydrogens is 408 g/mol. The Bertz CT molecular complexity index is 1020. The molecule has 2 aromatic carbocycles. The quantitative estimate of drug-likeness (QED) is 0.649. The molecule has 0 bridgehead atoms. The second kappa shape index (κ2) is 9.52. The molecule has 0 aromatic heterocycles.